The summed E-state index contributed by atoms with van der Waals surface area (Å²) in [4.78, 5) is 8.35. The molecule has 0 saturated heterocycles. The molecule has 0 radical (unpaired) electrons. The Morgan fingerprint density at radius 1 is 1.47 bits per heavy atom. The van der Waals surface area contributed by atoms with Crippen LogP contribution in [0.3, 0.4) is 0 Å². The second-order valence-electron chi connectivity index (χ2n) is 3.95. The van der Waals surface area contributed by atoms with Gasteiger partial charge in [0.15, 0.2) is 0 Å². The minimum Gasteiger partial charge on any atom is -0.481 e. The lowest BCUT2D eigenvalue weighted by Gasteiger charge is -2.10. The fourth-order valence-electron chi connectivity index (χ4n) is 1.99. The maximum absolute atomic E-state index is 5.04. The molecule has 0 spiro atoms. The van der Waals surface area contributed by atoms with E-state index in [9.17, 15) is 0 Å². The number of anilines is 1. The van der Waals surface area contributed by atoms with E-state index >= 15 is 0 Å². The number of rotatable bonds is 4. The van der Waals surface area contributed by atoms with Gasteiger partial charge in [-0.3, -0.25) is 0 Å². The van der Waals surface area contributed by atoms with Gasteiger partial charge < -0.3 is 10.1 Å². The van der Waals surface area contributed by atoms with Gasteiger partial charge in [0.25, 0.3) is 0 Å². The largest absolute Gasteiger partial charge is 0.481 e. The normalized spacial score (nSPS) is 16.6. The van der Waals surface area contributed by atoms with Crippen molar-refractivity contribution < 1.29 is 4.74 Å². The first-order valence-corrected chi connectivity index (χ1v) is 5.49. The van der Waals surface area contributed by atoms with Gasteiger partial charge in [-0.1, -0.05) is 12.8 Å². The summed E-state index contributed by atoms with van der Waals surface area (Å²) in [5, 5.41) is 3.26. The van der Waals surface area contributed by atoms with Gasteiger partial charge in [0.1, 0.15) is 0 Å². The molecular formula is C11H17N3O. The van der Waals surface area contributed by atoms with Crippen molar-refractivity contribution in [2.75, 3.05) is 19.0 Å². The van der Waals surface area contributed by atoms with Crippen molar-refractivity contribution in [3.05, 3.63) is 12.3 Å². The third-order valence-corrected chi connectivity index (χ3v) is 2.86. The first-order chi connectivity index (χ1) is 7.38. The van der Waals surface area contributed by atoms with Crippen LogP contribution in [0, 0.1) is 5.92 Å². The Bertz CT molecular complexity index is 310. The molecule has 0 bridgehead atoms. The van der Waals surface area contributed by atoms with Gasteiger partial charge in [-0.25, -0.2) is 4.98 Å². The Morgan fingerprint density at radius 2 is 2.27 bits per heavy atom. The molecule has 0 atom stereocenters. The molecule has 0 aliphatic heterocycles. The molecule has 0 amide bonds. The molecule has 1 heterocycles. The van der Waals surface area contributed by atoms with E-state index in [0.717, 1.165) is 12.5 Å². The van der Waals surface area contributed by atoms with Crippen LogP contribution in [0.4, 0.5) is 5.95 Å². The van der Waals surface area contributed by atoms with Gasteiger partial charge in [0.05, 0.1) is 7.11 Å². The summed E-state index contributed by atoms with van der Waals surface area (Å²) in [5.74, 6) is 2.07. The van der Waals surface area contributed by atoms with Crippen LogP contribution in [0.2, 0.25) is 0 Å². The average Bonchev–Trinajstić information content (AvgIpc) is 2.79. The number of aromatic nitrogens is 2. The molecular weight excluding hydrogens is 190 g/mol. The monoisotopic (exact) mass is 207 g/mol. The molecule has 4 heteroatoms. The molecule has 2 rings (SSSR count). The van der Waals surface area contributed by atoms with Crippen molar-refractivity contribution >= 4 is 5.95 Å². The number of hydrogen-bond donors (Lipinski definition) is 1. The highest BCUT2D eigenvalue weighted by Gasteiger charge is 2.14. The van der Waals surface area contributed by atoms with Crippen LogP contribution < -0.4 is 10.1 Å². The number of nitrogens with one attached hydrogen (secondary N) is 1. The Morgan fingerprint density at radius 3 is 3.00 bits per heavy atom. The summed E-state index contributed by atoms with van der Waals surface area (Å²) in [6.07, 6.45) is 7.10. The van der Waals surface area contributed by atoms with E-state index in [1.54, 1.807) is 19.4 Å². The van der Waals surface area contributed by atoms with Crippen molar-refractivity contribution in [2.45, 2.75) is 25.7 Å². The smallest absolute Gasteiger partial charge is 0.225 e. The number of methoxy groups -OCH3 is 1. The van der Waals surface area contributed by atoms with E-state index in [0.29, 0.717) is 11.8 Å². The molecule has 1 aliphatic rings. The maximum atomic E-state index is 5.04. The molecule has 82 valence electrons. The van der Waals surface area contributed by atoms with Gasteiger partial charge in [-0.15, -0.1) is 0 Å². The van der Waals surface area contributed by atoms with Crippen LogP contribution in [0.25, 0.3) is 0 Å². The van der Waals surface area contributed by atoms with Gasteiger partial charge >= 0.3 is 0 Å². The molecule has 1 saturated carbocycles. The predicted molar refractivity (Wildman–Crippen MR) is 59.0 cm³/mol. The number of ether oxygens (including phenoxy) is 1. The molecule has 4 nitrogen and oxygen atoms in total. The zero-order valence-corrected chi connectivity index (χ0v) is 9.07. The standard InChI is InChI=1S/C11H17N3O/c1-15-10-6-7-12-11(14-10)13-8-9-4-2-3-5-9/h6-7,9H,2-5,8H2,1H3,(H,12,13,14). The summed E-state index contributed by atoms with van der Waals surface area (Å²) in [6, 6.07) is 1.75. The van der Waals surface area contributed by atoms with Crippen LogP contribution in [-0.2, 0) is 0 Å². The Balaban J connectivity index is 1.86. The minimum atomic E-state index is 0.610. The topological polar surface area (TPSA) is 47.0 Å². The first-order valence-electron chi connectivity index (χ1n) is 5.49. The highest BCUT2D eigenvalue weighted by Crippen LogP contribution is 2.24. The zero-order valence-electron chi connectivity index (χ0n) is 9.07. The highest BCUT2D eigenvalue weighted by atomic mass is 16.5. The Hall–Kier alpha value is -1.32. The van der Waals surface area contributed by atoms with Gasteiger partial charge in [0.2, 0.25) is 11.8 Å². The van der Waals surface area contributed by atoms with Crippen molar-refractivity contribution in [2.24, 2.45) is 5.92 Å². The summed E-state index contributed by atoms with van der Waals surface area (Å²) < 4.78 is 5.04. The fraction of sp³-hybridized carbons (Fsp3) is 0.636. The second-order valence-corrected chi connectivity index (χ2v) is 3.95. The summed E-state index contributed by atoms with van der Waals surface area (Å²) in [5.41, 5.74) is 0. The van der Waals surface area contributed by atoms with E-state index in [-0.39, 0.29) is 0 Å². The van der Waals surface area contributed by atoms with Gasteiger partial charge in [0, 0.05) is 18.8 Å². The lowest BCUT2D eigenvalue weighted by atomic mass is 10.1. The van der Waals surface area contributed by atoms with Crippen LogP contribution in [-0.4, -0.2) is 23.6 Å². The third kappa shape index (κ3) is 2.81. The highest BCUT2D eigenvalue weighted by molar-refractivity contribution is 5.27. The van der Waals surface area contributed by atoms with Crippen LogP contribution in [0.5, 0.6) is 5.88 Å². The quantitative estimate of drug-likeness (QED) is 0.821. The van der Waals surface area contributed by atoms with E-state index in [1.165, 1.54) is 25.7 Å². The maximum Gasteiger partial charge on any atom is 0.225 e. The van der Waals surface area contributed by atoms with Gasteiger partial charge in [-0.2, -0.15) is 4.98 Å². The van der Waals surface area contributed by atoms with Crippen molar-refractivity contribution in [3.8, 4) is 5.88 Å². The van der Waals surface area contributed by atoms with E-state index < -0.39 is 0 Å². The van der Waals surface area contributed by atoms with Crippen LogP contribution in [0.15, 0.2) is 12.3 Å². The molecule has 0 unspecified atom stereocenters. The summed E-state index contributed by atoms with van der Waals surface area (Å²) in [6.45, 7) is 0.979. The average molecular weight is 207 g/mol. The summed E-state index contributed by atoms with van der Waals surface area (Å²) in [7, 11) is 1.61. The molecule has 0 aromatic carbocycles. The second kappa shape index (κ2) is 4.96. The molecule has 1 N–H and O–H groups in total. The lowest BCUT2D eigenvalue weighted by molar-refractivity contribution is 0.397. The Kier molecular flexibility index (Phi) is 3.37. The van der Waals surface area contributed by atoms with Crippen molar-refractivity contribution in [3.63, 3.8) is 0 Å². The third-order valence-electron chi connectivity index (χ3n) is 2.86. The van der Waals surface area contributed by atoms with Crippen LogP contribution in [0.1, 0.15) is 25.7 Å². The predicted octanol–water partition coefficient (Wildman–Crippen LogP) is 2.09. The minimum absolute atomic E-state index is 0.610. The molecule has 1 fully saturated rings. The molecule has 1 aromatic rings. The lowest BCUT2D eigenvalue weighted by Crippen LogP contribution is -2.13. The molecule has 15 heavy (non-hydrogen) atoms. The van der Waals surface area contributed by atoms with Crippen molar-refractivity contribution in [1.82, 2.24) is 9.97 Å². The Labute approximate surface area is 90.1 Å². The van der Waals surface area contributed by atoms with E-state index in [2.05, 4.69) is 15.3 Å². The van der Waals surface area contributed by atoms with Crippen molar-refractivity contribution in [1.29, 1.82) is 0 Å². The van der Waals surface area contributed by atoms with Crippen LogP contribution >= 0.6 is 0 Å². The number of hydrogen-bond acceptors (Lipinski definition) is 4. The summed E-state index contributed by atoms with van der Waals surface area (Å²) >= 11 is 0. The number of nitrogens with zero attached hydrogens (tertiary/aromatic N) is 2. The van der Waals surface area contributed by atoms with Gasteiger partial charge in [-0.05, 0) is 18.8 Å². The zero-order chi connectivity index (χ0) is 10.5. The fourth-order valence-corrected chi connectivity index (χ4v) is 1.99. The first kappa shape index (κ1) is 10.2. The van der Waals surface area contributed by atoms with E-state index in [1.807, 2.05) is 0 Å². The van der Waals surface area contributed by atoms with E-state index in [4.69, 9.17) is 4.74 Å². The SMILES string of the molecule is COc1ccnc(NCC2CCCC2)n1. The molecule has 1 aromatic heterocycles. The molecule has 1 aliphatic carbocycles.